The zero-order valence-corrected chi connectivity index (χ0v) is 5.69. The summed E-state index contributed by atoms with van der Waals surface area (Å²) >= 11 is 0.717. The molecule has 1 N–H and O–H groups in total. The van der Waals surface area contributed by atoms with Crippen LogP contribution in [-0.2, 0) is 0 Å². The molecule has 0 heterocycles. The number of aliphatic hydroxyl groups excluding tert-OH is 1. The van der Waals surface area contributed by atoms with Crippen molar-refractivity contribution in [1.29, 1.82) is 0 Å². The number of rotatable bonds is 3. The van der Waals surface area contributed by atoms with Crippen LogP contribution in [0.5, 0.6) is 0 Å². The summed E-state index contributed by atoms with van der Waals surface area (Å²) in [5, 5.41) is 10.5. The Hall–Kier alpha value is 0.479. The molecule has 0 saturated carbocycles. The van der Waals surface area contributed by atoms with E-state index in [0.717, 1.165) is 20.3 Å². The third-order valence-electron chi connectivity index (χ3n) is 0.440. The van der Waals surface area contributed by atoms with Gasteiger partial charge in [-0.15, -0.1) is 0 Å². The molecule has 0 spiro atoms. The van der Waals surface area contributed by atoms with Crippen molar-refractivity contribution in [2.24, 2.45) is 0 Å². The van der Waals surface area contributed by atoms with Gasteiger partial charge in [-0.2, -0.15) is 0 Å². The molecule has 0 saturated heterocycles. The summed E-state index contributed by atoms with van der Waals surface area (Å²) in [7, 11) is 0. The van der Waals surface area contributed by atoms with E-state index in [1.165, 1.54) is 5.32 Å². The van der Waals surface area contributed by atoms with Crippen LogP contribution in [0.15, 0.2) is 0 Å². The van der Waals surface area contributed by atoms with Gasteiger partial charge in [0.2, 0.25) is 0 Å². The quantitative estimate of drug-likeness (QED) is 0.463. The molecule has 0 aromatic heterocycles. The molecule has 0 fully saturated rings. The van der Waals surface area contributed by atoms with Crippen LogP contribution in [0.1, 0.15) is 6.92 Å². The Labute approximate surface area is 44.9 Å². The average Bonchev–Trinajstić information content (AvgIpc) is 1.61. The first kappa shape index (κ1) is 6.48. The molecule has 0 aromatic carbocycles. The first-order valence-corrected chi connectivity index (χ1v) is 4.52. The van der Waals surface area contributed by atoms with E-state index in [9.17, 15) is 0 Å². The molecule has 0 rings (SSSR count). The van der Waals surface area contributed by atoms with Gasteiger partial charge in [0.05, 0.1) is 0 Å². The molecule has 0 aliphatic rings. The van der Waals surface area contributed by atoms with Gasteiger partial charge in [0.25, 0.3) is 0 Å². The average molecular weight is 153 g/mol. The molecule has 2 heteroatoms. The summed E-state index contributed by atoms with van der Waals surface area (Å²) < 4.78 is 0. The Bertz CT molecular complexity index is 19.5. The third-order valence-corrected chi connectivity index (χ3v) is 2.29. The van der Waals surface area contributed by atoms with E-state index in [2.05, 4.69) is 6.92 Å². The Balaban J connectivity index is 2.34. The molecule has 0 bridgehead atoms. The van der Waals surface area contributed by atoms with E-state index in [-0.39, 0.29) is 0 Å². The van der Waals surface area contributed by atoms with E-state index in [1.54, 1.807) is 0 Å². The molecule has 0 radical (unpaired) electrons. The minimum absolute atomic E-state index is 0.383. The van der Waals surface area contributed by atoms with Crippen molar-refractivity contribution < 1.29 is 5.11 Å². The zero-order chi connectivity index (χ0) is 4.83. The van der Waals surface area contributed by atoms with Crippen molar-refractivity contribution in [2.75, 3.05) is 6.61 Å². The van der Waals surface area contributed by atoms with Crippen molar-refractivity contribution >= 4 is 15.0 Å². The number of hydrogen-bond acceptors (Lipinski definition) is 1. The summed E-state index contributed by atoms with van der Waals surface area (Å²) in [6.45, 7) is 2.53. The van der Waals surface area contributed by atoms with E-state index in [4.69, 9.17) is 5.11 Å². The normalized spacial score (nSPS) is 9.00. The maximum absolute atomic E-state index is 8.21. The molecule has 38 valence electrons. The van der Waals surface area contributed by atoms with E-state index < -0.39 is 0 Å². The van der Waals surface area contributed by atoms with E-state index >= 15 is 0 Å². The molecule has 1 nitrogen and oxygen atoms in total. The molecule has 6 heavy (non-hydrogen) atoms. The molecule has 0 aromatic rings. The predicted molar refractivity (Wildman–Crippen MR) is 28.1 cm³/mol. The summed E-state index contributed by atoms with van der Waals surface area (Å²) in [4.78, 5) is 0. The second-order valence-electron chi connectivity index (χ2n) is 0.921. The molecule has 0 amide bonds. The fourth-order valence-electron chi connectivity index (χ4n) is 0.209. The SMILES string of the molecule is CC[Se]CCO. The number of aliphatic hydroxyl groups is 1. The second kappa shape index (κ2) is 5.48. The Morgan fingerprint density at radius 2 is 2.33 bits per heavy atom. The maximum atomic E-state index is 8.21. The first-order chi connectivity index (χ1) is 2.91. The van der Waals surface area contributed by atoms with Crippen LogP contribution in [0.2, 0.25) is 10.6 Å². The first-order valence-electron chi connectivity index (χ1n) is 2.10. The van der Waals surface area contributed by atoms with Gasteiger partial charge in [-0.1, -0.05) is 0 Å². The van der Waals surface area contributed by atoms with Crippen molar-refractivity contribution in [3.05, 3.63) is 0 Å². The van der Waals surface area contributed by atoms with Crippen LogP contribution in [0, 0.1) is 0 Å². The van der Waals surface area contributed by atoms with Gasteiger partial charge in [0.1, 0.15) is 0 Å². The van der Waals surface area contributed by atoms with Crippen LogP contribution in [0.25, 0.3) is 0 Å². The Morgan fingerprint density at radius 3 is 2.50 bits per heavy atom. The monoisotopic (exact) mass is 154 g/mol. The van der Waals surface area contributed by atoms with Crippen LogP contribution >= 0.6 is 0 Å². The van der Waals surface area contributed by atoms with Gasteiger partial charge >= 0.3 is 44.2 Å². The molecular formula is C4H10OSe. The van der Waals surface area contributed by atoms with Gasteiger partial charge in [-0.25, -0.2) is 0 Å². The van der Waals surface area contributed by atoms with Crippen molar-refractivity contribution in [3.63, 3.8) is 0 Å². The molecular weight excluding hydrogens is 143 g/mol. The standard InChI is InChI=1S/C4H10OSe/c1-2-6-4-3-5/h5H,2-4H2,1H3. The van der Waals surface area contributed by atoms with Crippen LogP contribution in [0.3, 0.4) is 0 Å². The van der Waals surface area contributed by atoms with Gasteiger partial charge in [0.15, 0.2) is 0 Å². The van der Waals surface area contributed by atoms with Crippen molar-refractivity contribution in [3.8, 4) is 0 Å². The Morgan fingerprint density at radius 1 is 1.67 bits per heavy atom. The van der Waals surface area contributed by atoms with Gasteiger partial charge in [0, 0.05) is 0 Å². The molecule has 0 unspecified atom stereocenters. The van der Waals surface area contributed by atoms with Crippen LogP contribution in [0.4, 0.5) is 0 Å². The van der Waals surface area contributed by atoms with Crippen LogP contribution in [-0.4, -0.2) is 26.7 Å². The second-order valence-corrected chi connectivity index (χ2v) is 3.84. The Kier molecular flexibility index (Phi) is 5.92. The van der Waals surface area contributed by atoms with Crippen molar-refractivity contribution in [1.82, 2.24) is 0 Å². The fraction of sp³-hybridized carbons (Fsp3) is 1.00. The predicted octanol–water partition coefficient (Wildman–Crippen LogP) is 0.539. The molecule has 0 aliphatic carbocycles. The fourth-order valence-corrected chi connectivity index (χ4v) is 1.09. The van der Waals surface area contributed by atoms with Crippen LogP contribution < -0.4 is 0 Å². The minimum atomic E-state index is 0.383. The third kappa shape index (κ3) is 4.48. The van der Waals surface area contributed by atoms with Gasteiger partial charge in [-0.05, 0) is 0 Å². The van der Waals surface area contributed by atoms with E-state index in [1.807, 2.05) is 0 Å². The van der Waals surface area contributed by atoms with E-state index in [0.29, 0.717) is 6.61 Å². The topological polar surface area (TPSA) is 20.2 Å². The summed E-state index contributed by atoms with van der Waals surface area (Å²) in [6.07, 6.45) is 0. The zero-order valence-electron chi connectivity index (χ0n) is 3.98. The molecule has 0 aliphatic heterocycles. The van der Waals surface area contributed by atoms with Crippen molar-refractivity contribution in [2.45, 2.75) is 17.6 Å². The number of hydrogen-bond donors (Lipinski definition) is 1. The summed E-state index contributed by atoms with van der Waals surface area (Å²) in [5.74, 6) is 0. The molecule has 0 atom stereocenters. The van der Waals surface area contributed by atoms with Gasteiger partial charge in [-0.3, -0.25) is 0 Å². The summed E-state index contributed by atoms with van der Waals surface area (Å²) in [6, 6.07) is 0. The summed E-state index contributed by atoms with van der Waals surface area (Å²) in [5.41, 5.74) is 0. The van der Waals surface area contributed by atoms with Gasteiger partial charge < -0.3 is 0 Å².